The second-order valence-corrected chi connectivity index (χ2v) is 6.08. The van der Waals surface area contributed by atoms with E-state index in [1.165, 1.54) is 35.1 Å². The van der Waals surface area contributed by atoms with Crippen LogP contribution < -0.4 is 4.90 Å². The fraction of sp³-hybridized carbons (Fsp3) is 0.727. The van der Waals surface area contributed by atoms with Gasteiger partial charge < -0.3 is 4.90 Å². The maximum Gasteiger partial charge on any atom is 0.185 e. The maximum absolute atomic E-state index is 4.63. The largest absolute Gasteiger partial charge is 0.348 e. The molecule has 0 aromatic carbocycles. The Kier molecular flexibility index (Phi) is 3.67. The molecule has 1 unspecified atom stereocenters. The number of halogens is 1. The first kappa shape index (κ1) is 11.4. The first-order chi connectivity index (χ1) is 7.20. The van der Waals surface area contributed by atoms with Crippen LogP contribution in [-0.2, 0) is 0 Å². The molecule has 15 heavy (non-hydrogen) atoms. The third-order valence-electron chi connectivity index (χ3n) is 3.02. The molecular formula is C11H17BrN2S. The van der Waals surface area contributed by atoms with Gasteiger partial charge in [0.05, 0.1) is 5.69 Å². The molecule has 0 N–H and O–H groups in total. The van der Waals surface area contributed by atoms with Gasteiger partial charge >= 0.3 is 0 Å². The fourth-order valence-corrected chi connectivity index (χ4v) is 3.43. The molecule has 4 heteroatoms. The van der Waals surface area contributed by atoms with Gasteiger partial charge in [0, 0.05) is 23.3 Å². The number of hydrogen-bond acceptors (Lipinski definition) is 3. The molecule has 0 aliphatic carbocycles. The Morgan fingerprint density at radius 3 is 2.93 bits per heavy atom. The minimum absolute atomic E-state index is 0.795. The smallest absolute Gasteiger partial charge is 0.185 e. The number of hydrogen-bond donors (Lipinski definition) is 0. The van der Waals surface area contributed by atoms with E-state index < -0.39 is 0 Å². The van der Waals surface area contributed by atoms with Crippen molar-refractivity contribution < 1.29 is 0 Å². The Hall–Kier alpha value is -0.0900. The summed E-state index contributed by atoms with van der Waals surface area (Å²) >= 11 is 5.42. The van der Waals surface area contributed by atoms with Crippen molar-refractivity contribution in [1.82, 2.24) is 4.98 Å². The van der Waals surface area contributed by atoms with Crippen molar-refractivity contribution >= 4 is 32.4 Å². The van der Waals surface area contributed by atoms with Gasteiger partial charge in [-0.1, -0.05) is 15.9 Å². The minimum Gasteiger partial charge on any atom is -0.348 e. The highest BCUT2D eigenvalue weighted by Crippen LogP contribution is 2.29. The van der Waals surface area contributed by atoms with Crippen LogP contribution in [-0.4, -0.2) is 23.4 Å². The highest BCUT2D eigenvalue weighted by molar-refractivity contribution is 9.09. The van der Waals surface area contributed by atoms with Crippen LogP contribution in [0.1, 0.15) is 23.4 Å². The first-order valence-corrected chi connectivity index (χ1v) is 7.39. The van der Waals surface area contributed by atoms with Crippen molar-refractivity contribution in [2.45, 2.75) is 26.7 Å². The van der Waals surface area contributed by atoms with Gasteiger partial charge in [0.25, 0.3) is 0 Å². The van der Waals surface area contributed by atoms with Crippen molar-refractivity contribution in [3.8, 4) is 0 Å². The molecule has 1 atom stereocenters. The van der Waals surface area contributed by atoms with Gasteiger partial charge in [-0.3, -0.25) is 0 Å². The number of aryl methyl sites for hydroxylation is 2. The zero-order valence-electron chi connectivity index (χ0n) is 9.29. The van der Waals surface area contributed by atoms with Gasteiger partial charge in [-0.05, 0) is 32.6 Å². The summed E-state index contributed by atoms with van der Waals surface area (Å²) in [5.74, 6) is 0.795. The summed E-state index contributed by atoms with van der Waals surface area (Å²) in [7, 11) is 0. The second kappa shape index (κ2) is 4.83. The molecule has 84 valence electrons. The van der Waals surface area contributed by atoms with Gasteiger partial charge in [0.15, 0.2) is 5.13 Å². The Bertz CT molecular complexity index is 318. The zero-order valence-corrected chi connectivity index (χ0v) is 11.7. The molecule has 2 nitrogen and oxygen atoms in total. The average molecular weight is 289 g/mol. The summed E-state index contributed by atoms with van der Waals surface area (Å²) in [6, 6.07) is 0. The van der Waals surface area contributed by atoms with Crippen molar-refractivity contribution in [2.24, 2.45) is 5.92 Å². The lowest BCUT2D eigenvalue weighted by Gasteiger charge is -2.31. The van der Waals surface area contributed by atoms with Crippen LogP contribution in [0.25, 0.3) is 0 Å². The summed E-state index contributed by atoms with van der Waals surface area (Å²) in [5, 5.41) is 2.34. The molecule has 2 rings (SSSR count). The van der Waals surface area contributed by atoms with E-state index in [-0.39, 0.29) is 0 Å². The molecule has 1 aromatic rings. The Morgan fingerprint density at radius 2 is 2.33 bits per heavy atom. The van der Waals surface area contributed by atoms with Crippen molar-refractivity contribution in [3.05, 3.63) is 10.6 Å². The first-order valence-electron chi connectivity index (χ1n) is 5.45. The summed E-state index contributed by atoms with van der Waals surface area (Å²) in [6.45, 7) is 6.59. The van der Waals surface area contributed by atoms with E-state index in [0.29, 0.717) is 0 Å². The van der Waals surface area contributed by atoms with E-state index in [1.807, 2.05) is 11.3 Å². The molecule has 0 spiro atoms. The Morgan fingerprint density at radius 1 is 1.53 bits per heavy atom. The number of aromatic nitrogens is 1. The van der Waals surface area contributed by atoms with Crippen LogP contribution in [0.2, 0.25) is 0 Å². The highest BCUT2D eigenvalue weighted by atomic mass is 79.9. The molecule has 1 saturated heterocycles. The molecule has 0 saturated carbocycles. The topological polar surface area (TPSA) is 16.1 Å². The van der Waals surface area contributed by atoms with E-state index in [9.17, 15) is 0 Å². The average Bonchev–Trinajstić information content (AvgIpc) is 2.59. The van der Waals surface area contributed by atoms with Gasteiger partial charge in [-0.25, -0.2) is 4.98 Å². The lowest BCUT2D eigenvalue weighted by Crippen LogP contribution is -2.35. The quantitative estimate of drug-likeness (QED) is 0.776. The summed E-state index contributed by atoms with van der Waals surface area (Å²) < 4.78 is 0. The number of piperidine rings is 1. The Labute approximate surface area is 104 Å². The normalized spacial score (nSPS) is 22.1. The van der Waals surface area contributed by atoms with Crippen LogP contribution in [0.4, 0.5) is 5.13 Å². The van der Waals surface area contributed by atoms with E-state index in [1.54, 1.807) is 0 Å². The number of nitrogens with zero attached hydrogens (tertiary/aromatic N) is 2. The standard InChI is InChI=1S/C11H17BrN2S/c1-8-9(2)15-11(13-8)14-5-3-4-10(6-12)7-14/h10H,3-7H2,1-2H3. The third-order valence-corrected chi connectivity index (χ3v) is 5.07. The van der Waals surface area contributed by atoms with E-state index in [2.05, 4.69) is 39.7 Å². The number of thiazole rings is 1. The van der Waals surface area contributed by atoms with Gasteiger partial charge in [-0.2, -0.15) is 0 Å². The molecule has 1 aromatic heterocycles. The van der Waals surface area contributed by atoms with Gasteiger partial charge in [0.1, 0.15) is 0 Å². The molecule has 1 fully saturated rings. The van der Waals surface area contributed by atoms with Crippen molar-refractivity contribution in [1.29, 1.82) is 0 Å². The Balaban J connectivity index is 2.09. The van der Waals surface area contributed by atoms with E-state index >= 15 is 0 Å². The molecule has 0 radical (unpaired) electrons. The molecule has 0 bridgehead atoms. The van der Waals surface area contributed by atoms with Gasteiger partial charge in [0.2, 0.25) is 0 Å². The summed E-state index contributed by atoms with van der Waals surface area (Å²) in [6.07, 6.45) is 2.65. The zero-order chi connectivity index (χ0) is 10.8. The summed E-state index contributed by atoms with van der Waals surface area (Å²) in [5.41, 5.74) is 1.19. The van der Waals surface area contributed by atoms with Crippen LogP contribution in [0.5, 0.6) is 0 Å². The lowest BCUT2D eigenvalue weighted by atomic mass is 10.0. The van der Waals surface area contributed by atoms with Crippen LogP contribution in [0.15, 0.2) is 0 Å². The number of anilines is 1. The molecule has 1 aliphatic rings. The minimum atomic E-state index is 0.795. The predicted molar refractivity (Wildman–Crippen MR) is 70.3 cm³/mol. The second-order valence-electron chi connectivity index (χ2n) is 4.25. The number of alkyl halides is 1. The maximum atomic E-state index is 4.63. The predicted octanol–water partition coefficient (Wildman–Crippen LogP) is 3.37. The molecule has 2 heterocycles. The SMILES string of the molecule is Cc1nc(N2CCCC(CBr)C2)sc1C. The molecule has 1 aliphatic heterocycles. The van der Waals surface area contributed by atoms with Crippen LogP contribution >= 0.6 is 27.3 Å². The van der Waals surface area contributed by atoms with Crippen molar-refractivity contribution in [2.75, 3.05) is 23.3 Å². The number of rotatable bonds is 2. The highest BCUT2D eigenvalue weighted by Gasteiger charge is 2.21. The summed E-state index contributed by atoms with van der Waals surface area (Å²) in [4.78, 5) is 8.43. The van der Waals surface area contributed by atoms with Gasteiger partial charge in [-0.15, -0.1) is 11.3 Å². The van der Waals surface area contributed by atoms with Crippen LogP contribution in [0.3, 0.4) is 0 Å². The monoisotopic (exact) mass is 288 g/mol. The van der Waals surface area contributed by atoms with E-state index in [4.69, 9.17) is 0 Å². The van der Waals surface area contributed by atoms with E-state index in [0.717, 1.165) is 17.8 Å². The lowest BCUT2D eigenvalue weighted by molar-refractivity contribution is 0.454. The fourth-order valence-electron chi connectivity index (χ4n) is 1.96. The van der Waals surface area contributed by atoms with Crippen LogP contribution in [0, 0.1) is 19.8 Å². The third kappa shape index (κ3) is 2.53. The molecule has 0 amide bonds. The molecular weight excluding hydrogens is 272 g/mol. The van der Waals surface area contributed by atoms with Crippen molar-refractivity contribution in [3.63, 3.8) is 0 Å².